The Morgan fingerprint density at radius 2 is 2.10 bits per heavy atom. The molecule has 0 aliphatic rings. The molecule has 1 amide bonds. The maximum Gasteiger partial charge on any atom is 0.216 e. The number of rotatable bonds is 6. The highest BCUT2D eigenvalue weighted by Gasteiger charge is 2.08. The summed E-state index contributed by atoms with van der Waals surface area (Å²) in [5.41, 5.74) is 1.76. The molecule has 112 valence electrons. The standard InChI is InChI=1S/C15H18FN3OS/c1-11(20)17-8-3-9-19(2)15-18-14(10-21-15)12-4-6-13(16)7-5-12/h4-7,10H,3,8-9H2,1-2H3,(H,17,20). The van der Waals surface area contributed by atoms with E-state index in [0.29, 0.717) is 6.54 Å². The van der Waals surface area contributed by atoms with Gasteiger partial charge in [-0.15, -0.1) is 11.3 Å². The summed E-state index contributed by atoms with van der Waals surface area (Å²) < 4.78 is 12.9. The van der Waals surface area contributed by atoms with Crippen molar-refractivity contribution >= 4 is 22.4 Å². The number of nitrogens with zero attached hydrogens (tertiary/aromatic N) is 2. The second-order valence-corrected chi connectivity index (χ2v) is 5.62. The van der Waals surface area contributed by atoms with Crippen LogP contribution in [0.2, 0.25) is 0 Å². The van der Waals surface area contributed by atoms with E-state index in [9.17, 15) is 9.18 Å². The summed E-state index contributed by atoms with van der Waals surface area (Å²) in [7, 11) is 1.97. The average molecular weight is 307 g/mol. The van der Waals surface area contributed by atoms with Gasteiger partial charge in [-0.05, 0) is 30.7 Å². The predicted octanol–water partition coefficient (Wildman–Crippen LogP) is 2.91. The first-order valence-corrected chi connectivity index (χ1v) is 7.61. The molecule has 0 atom stereocenters. The quantitative estimate of drug-likeness (QED) is 0.835. The van der Waals surface area contributed by atoms with Gasteiger partial charge in [0.05, 0.1) is 5.69 Å². The molecule has 0 radical (unpaired) electrons. The number of anilines is 1. The monoisotopic (exact) mass is 307 g/mol. The van der Waals surface area contributed by atoms with E-state index >= 15 is 0 Å². The van der Waals surface area contributed by atoms with Crippen molar-refractivity contribution < 1.29 is 9.18 Å². The molecule has 1 aromatic carbocycles. The number of carbonyl (C=O) groups excluding carboxylic acids is 1. The molecule has 6 heteroatoms. The van der Waals surface area contributed by atoms with Crippen molar-refractivity contribution in [2.75, 3.05) is 25.0 Å². The molecule has 2 aromatic rings. The van der Waals surface area contributed by atoms with Gasteiger partial charge in [-0.2, -0.15) is 0 Å². The van der Waals surface area contributed by atoms with Crippen LogP contribution in [0.25, 0.3) is 11.3 Å². The minimum Gasteiger partial charge on any atom is -0.356 e. The van der Waals surface area contributed by atoms with E-state index in [1.165, 1.54) is 19.1 Å². The van der Waals surface area contributed by atoms with E-state index in [1.54, 1.807) is 23.5 Å². The fourth-order valence-electron chi connectivity index (χ4n) is 1.87. The second kappa shape index (κ2) is 7.17. The van der Waals surface area contributed by atoms with Gasteiger partial charge in [0.25, 0.3) is 0 Å². The molecule has 0 spiro atoms. The van der Waals surface area contributed by atoms with Crippen LogP contribution in [0.1, 0.15) is 13.3 Å². The number of amides is 1. The van der Waals surface area contributed by atoms with Crippen LogP contribution < -0.4 is 10.2 Å². The minimum absolute atomic E-state index is 0.00880. The first kappa shape index (κ1) is 15.4. The summed E-state index contributed by atoms with van der Waals surface area (Å²) in [5.74, 6) is -0.255. The molecule has 1 aromatic heterocycles. The number of hydrogen-bond donors (Lipinski definition) is 1. The highest BCUT2D eigenvalue weighted by Crippen LogP contribution is 2.26. The first-order valence-electron chi connectivity index (χ1n) is 6.73. The minimum atomic E-state index is -0.246. The van der Waals surface area contributed by atoms with Crippen LogP contribution >= 0.6 is 11.3 Å². The normalized spacial score (nSPS) is 10.4. The topological polar surface area (TPSA) is 45.2 Å². The molecule has 4 nitrogen and oxygen atoms in total. The Morgan fingerprint density at radius 1 is 1.38 bits per heavy atom. The Morgan fingerprint density at radius 3 is 2.76 bits per heavy atom. The number of carbonyl (C=O) groups is 1. The molecular weight excluding hydrogens is 289 g/mol. The molecule has 0 unspecified atom stereocenters. The summed E-state index contributed by atoms with van der Waals surface area (Å²) >= 11 is 1.55. The van der Waals surface area contributed by atoms with Crippen LogP contribution in [0.3, 0.4) is 0 Å². The van der Waals surface area contributed by atoms with E-state index in [-0.39, 0.29) is 11.7 Å². The van der Waals surface area contributed by atoms with Gasteiger partial charge in [0.2, 0.25) is 5.91 Å². The van der Waals surface area contributed by atoms with Crippen molar-refractivity contribution in [1.29, 1.82) is 0 Å². The molecule has 1 N–H and O–H groups in total. The van der Waals surface area contributed by atoms with Crippen LogP contribution in [-0.4, -0.2) is 31.0 Å². The Bertz CT molecular complexity index is 597. The highest BCUT2D eigenvalue weighted by molar-refractivity contribution is 7.14. The van der Waals surface area contributed by atoms with Gasteiger partial charge in [-0.25, -0.2) is 9.37 Å². The number of hydrogen-bond acceptors (Lipinski definition) is 4. The van der Waals surface area contributed by atoms with Gasteiger partial charge < -0.3 is 10.2 Å². The Hall–Kier alpha value is -1.95. The summed E-state index contributed by atoms with van der Waals surface area (Å²) in [6, 6.07) is 6.33. The van der Waals surface area contributed by atoms with Gasteiger partial charge >= 0.3 is 0 Å². The van der Waals surface area contributed by atoms with Gasteiger partial charge in [-0.1, -0.05) is 0 Å². The van der Waals surface area contributed by atoms with Gasteiger partial charge in [0, 0.05) is 38.0 Å². The molecule has 1 heterocycles. The summed E-state index contributed by atoms with van der Waals surface area (Å²) in [5, 5.41) is 5.65. The predicted molar refractivity (Wildman–Crippen MR) is 84.1 cm³/mol. The van der Waals surface area contributed by atoms with Crippen molar-refractivity contribution in [3.63, 3.8) is 0 Å². The Kier molecular flexibility index (Phi) is 5.27. The van der Waals surface area contributed by atoms with E-state index in [0.717, 1.165) is 29.4 Å². The second-order valence-electron chi connectivity index (χ2n) is 4.78. The molecule has 0 saturated heterocycles. The fraction of sp³-hybridized carbons (Fsp3) is 0.333. The number of thiazole rings is 1. The van der Waals surface area contributed by atoms with Crippen LogP contribution in [0.4, 0.5) is 9.52 Å². The molecule has 2 rings (SSSR count). The molecule has 0 saturated carbocycles. The lowest BCUT2D eigenvalue weighted by Gasteiger charge is -2.15. The SMILES string of the molecule is CC(=O)NCCCN(C)c1nc(-c2ccc(F)cc2)cs1. The molecular formula is C15H18FN3OS. The van der Waals surface area contributed by atoms with E-state index < -0.39 is 0 Å². The van der Waals surface area contributed by atoms with Crippen LogP contribution in [-0.2, 0) is 4.79 Å². The van der Waals surface area contributed by atoms with Gasteiger partial charge in [0.15, 0.2) is 5.13 Å². The van der Waals surface area contributed by atoms with Crippen LogP contribution in [0, 0.1) is 5.82 Å². The van der Waals surface area contributed by atoms with Gasteiger partial charge in [0.1, 0.15) is 5.82 Å². The number of halogens is 1. The van der Waals surface area contributed by atoms with Crippen molar-refractivity contribution in [1.82, 2.24) is 10.3 Å². The van der Waals surface area contributed by atoms with Crippen LogP contribution in [0.5, 0.6) is 0 Å². The number of nitrogens with one attached hydrogen (secondary N) is 1. The number of benzene rings is 1. The smallest absolute Gasteiger partial charge is 0.216 e. The lowest BCUT2D eigenvalue weighted by atomic mass is 10.2. The summed E-state index contributed by atoms with van der Waals surface area (Å²) in [6.45, 7) is 2.99. The number of aromatic nitrogens is 1. The molecule has 0 fully saturated rings. The zero-order valence-corrected chi connectivity index (χ0v) is 12.9. The Balaban J connectivity index is 1.92. The maximum absolute atomic E-state index is 12.9. The summed E-state index contributed by atoms with van der Waals surface area (Å²) in [6.07, 6.45) is 0.863. The zero-order chi connectivity index (χ0) is 15.2. The summed E-state index contributed by atoms with van der Waals surface area (Å²) in [4.78, 5) is 17.4. The maximum atomic E-state index is 12.9. The molecule has 0 aliphatic carbocycles. The largest absolute Gasteiger partial charge is 0.356 e. The zero-order valence-electron chi connectivity index (χ0n) is 12.1. The third-order valence-electron chi connectivity index (χ3n) is 3.00. The highest BCUT2D eigenvalue weighted by atomic mass is 32.1. The third-order valence-corrected chi connectivity index (χ3v) is 3.96. The van der Waals surface area contributed by atoms with Crippen molar-refractivity contribution in [3.8, 4) is 11.3 Å². The lowest BCUT2D eigenvalue weighted by molar-refractivity contribution is -0.118. The molecule has 0 bridgehead atoms. The Labute approximate surface area is 127 Å². The van der Waals surface area contributed by atoms with Crippen molar-refractivity contribution in [3.05, 3.63) is 35.5 Å². The molecule has 0 aliphatic heterocycles. The van der Waals surface area contributed by atoms with E-state index in [4.69, 9.17) is 0 Å². The van der Waals surface area contributed by atoms with E-state index in [2.05, 4.69) is 15.2 Å². The van der Waals surface area contributed by atoms with Crippen molar-refractivity contribution in [2.24, 2.45) is 0 Å². The fourth-order valence-corrected chi connectivity index (χ4v) is 2.70. The van der Waals surface area contributed by atoms with Gasteiger partial charge in [-0.3, -0.25) is 4.79 Å². The average Bonchev–Trinajstić information content (AvgIpc) is 2.94. The molecule has 21 heavy (non-hydrogen) atoms. The lowest BCUT2D eigenvalue weighted by Crippen LogP contribution is -2.26. The van der Waals surface area contributed by atoms with Crippen LogP contribution in [0.15, 0.2) is 29.6 Å². The van der Waals surface area contributed by atoms with E-state index in [1.807, 2.05) is 12.4 Å². The van der Waals surface area contributed by atoms with Crippen molar-refractivity contribution in [2.45, 2.75) is 13.3 Å². The first-order chi connectivity index (χ1) is 10.1. The third kappa shape index (κ3) is 4.53.